The minimum atomic E-state index is -3.31. The Labute approximate surface area is 195 Å². The summed E-state index contributed by atoms with van der Waals surface area (Å²) in [6.07, 6.45) is 0.912. The second kappa shape index (κ2) is 8.98. The topological polar surface area (TPSA) is 117 Å². The monoisotopic (exact) mass is 489 g/mol. The van der Waals surface area contributed by atoms with Crippen molar-refractivity contribution in [2.24, 2.45) is 0 Å². The maximum Gasteiger partial charge on any atom is 0.259 e. The summed E-state index contributed by atoms with van der Waals surface area (Å²) in [6.45, 7) is 0.978. The van der Waals surface area contributed by atoms with Crippen LogP contribution in [-0.2, 0) is 24.1 Å². The van der Waals surface area contributed by atoms with Gasteiger partial charge in [-0.1, -0.05) is 23.5 Å². The zero-order chi connectivity index (χ0) is 23.0. The number of ether oxygens (including phenoxy) is 3. The molecule has 1 amide bonds. The van der Waals surface area contributed by atoms with Crippen LogP contribution in [0.15, 0.2) is 41.3 Å². The van der Waals surface area contributed by atoms with Crippen molar-refractivity contribution < 1.29 is 27.4 Å². The van der Waals surface area contributed by atoms with Gasteiger partial charge in [0.25, 0.3) is 5.91 Å². The Balaban J connectivity index is 1.39. The lowest BCUT2D eigenvalue weighted by Gasteiger charge is -2.21. The number of aromatic nitrogens is 2. The number of anilines is 1. The third kappa shape index (κ3) is 4.72. The number of amides is 1. The predicted octanol–water partition coefficient (Wildman–Crippen LogP) is 3.12. The molecular formula is C22H23N3O6S2. The molecule has 5 rings (SSSR count). The molecule has 1 N–H and O–H groups in total. The summed E-state index contributed by atoms with van der Waals surface area (Å²) in [5.74, 6) is 0.0680. The van der Waals surface area contributed by atoms with E-state index in [9.17, 15) is 13.2 Å². The zero-order valence-corrected chi connectivity index (χ0v) is 19.5. The fraction of sp³-hybridized carbons (Fsp3) is 0.409. The molecule has 0 radical (unpaired) electrons. The molecule has 1 saturated heterocycles. The van der Waals surface area contributed by atoms with Crippen LogP contribution >= 0.6 is 11.3 Å². The van der Waals surface area contributed by atoms with E-state index in [2.05, 4.69) is 15.3 Å². The lowest BCUT2D eigenvalue weighted by Crippen LogP contribution is -2.28. The Morgan fingerprint density at radius 1 is 1.15 bits per heavy atom. The van der Waals surface area contributed by atoms with Crippen LogP contribution in [-0.4, -0.2) is 56.0 Å². The fourth-order valence-corrected chi connectivity index (χ4v) is 6.14. The molecule has 2 atom stereocenters. The molecule has 0 bridgehead atoms. The largest absolute Gasteiger partial charge is 0.481 e. The lowest BCUT2D eigenvalue weighted by molar-refractivity contribution is -0.131. The van der Waals surface area contributed by atoms with Crippen molar-refractivity contribution in [3.05, 3.63) is 42.0 Å². The number of nitrogens with one attached hydrogen (secondary N) is 1. The molecule has 9 nitrogen and oxygen atoms in total. The summed E-state index contributed by atoms with van der Waals surface area (Å²) in [5, 5.41) is 2.92. The fourth-order valence-electron chi connectivity index (χ4n) is 3.65. The number of benzene rings is 1. The molecule has 11 heteroatoms. The number of carbonyl (C=O) groups excluding carboxylic acids is 1. The summed E-state index contributed by atoms with van der Waals surface area (Å²) >= 11 is 1.23. The van der Waals surface area contributed by atoms with Crippen LogP contribution in [0.4, 0.5) is 5.13 Å². The van der Waals surface area contributed by atoms with Gasteiger partial charge in [0.1, 0.15) is 10.3 Å². The Hall–Kier alpha value is -2.60. The second-order valence-corrected chi connectivity index (χ2v) is 11.2. The van der Waals surface area contributed by atoms with E-state index in [4.69, 9.17) is 14.2 Å². The van der Waals surface area contributed by atoms with E-state index in [1.54, 1.807) is 36.4 Å². The van der Waals surface area contributed by atoms with Gasteiger partial charge in [0.05, 0.1) is 30.0 Å². The Kier molecular flexibility index (Phi) is 6.04. The van der Waals surface area contributed by atoms with Crippen LogP contribution in [0.5, 0.6) is 5.88 Å². The van der Waals surface area contributed by atoms with Crippen LogP contribution < -0.4 is 10.1 Å². The molecule has 2 fully saturated rings. The number of methoxy groups -OCH3 is 1. The highest BCUT2D eigenvalue weighted by molar-refractivity contribution is 7.92. The standard InChI is InChI=1S/C22H23N3O6S2/c1-29-18-9-8-17-21(24-18)32-22(23-17)25-20(26)19(31-14-10-11-30-12-14)13-2-4-15(5-3-13)33(27,28)16-6-7-16/h2-5,8-9,14,16,19H,6-7,10-12H2,1H3,(H,23,25,26). The molecule has 33 heavy (non-hydrogen) atoms. The number of carbonyl (C=O) groups is 1. The van der Waals surface area contributed by atoms with Crippen molar-refractivity contribution >= 4 is 42.6 Å². The van der Waals surface area contributed by atoms with Crippen LogP contribution in [0.1, 0.15) is 30.9 Å². The third-order valence-corrected chi connectivity index (χ3v) is 8.76. The summed E-state index contributed by atoms with van der Waals surface area (Å²) in [7, 11) is -1.77. The van der Waals surface area contributed by atoms with Crippen molar-refractivity contribution in [3.8, 4) is 5.88 Å². The maximum absolute atomic E-state index is 13.2. The molecule has 0 spiro atoms. The quantitative estimate of drug-likeness (QED) is 0.513. The van der Waals surface area contributed by atoms with Gasteiger partial charge in [-0.05, 0) is 43.0 Å². The van der Waals surface area contributed by atoms with Crippen LogP contribution in [0.25, 0.3) is 10.3 Å². The van der Waals surface area contributed by atoms with Gasteiger partial charge < -0.3 is 14.2 Å². The van der Waals surface area contributed by atoms with Crippen molar-refractivity contribution in [2.45, 2.75) is 41.6 Å². The SMILES string of the molecule is COc1ccc2nc(NC(=O)C(OC3CCOC3)c3ccc(S(=O)(=O)C4CC4)cc3)sc2n1. The minimum absolute atomic E-state index is 0.225. The highest BCUT2D eigenvalue weighted by Gasteiger charge is 2.37. The van der Waals surface area contributed by atoms with Gasteiger partial charge in [-0.3, -0.25) is 10.1 Å². The number of hydrogen-bond acceptors (Lipinski definition) is 9. The molecular weight excluding hydrogens is 466 g/mol. The van der Waals surface area contributed by atoms with Gasteiger partial charge in [-0.15, -0.1) is 0 Å². The highest BCUT2D eigenvalue weighted by atomic mass is 32.2. The summed E-state index contributed by atoms with van der Waals surface area (Å²) in [5.41, 5.74) is 1.21. The van der Waals surface area contributed by atoms with Gasteiger partial charge in [0, 0.05) is 12.7 Å². The third-order valence-electron chi connectivity index (χ3n) is 5.60. The van der Waals surface area contributed by atoms with Gasteiger partial charge in [-0.2, -0.15) is 0 Å². The first kappa shape index (κ1) is 22.2. The van der Waals surface area contributed by atoms with E-state index in [1.165, 1.54) is 18.4 Å². The molecule has 1 aliphatic carbocycles. The first-order valence-corrected chi connectivity index (χ1v) is 13.0. The molecule has 2 aliphatic rings. The molecule has 2 unspecified atom stereocenters. The van der Waals surface area contributed by atoms with Gasteiger partial charge in [-0.25, -0.2) is 18.4 Å². The van der Waals surface area contributed by atoms with E-state index in [0.717, 1.165) is 0 Å². The smallest absolute Gasteiger partial charge is 0.259 e. The summed E-state index contributed by atoms with van der Waals surface area (Å²) in [6, 6.07) is 9.85. The van der Waals surface area contributed by atoms with E-state index in [-0.39, 0.29) is 16.2 Å². The Morgan fingerprint density at radius 2 is 1.94 bits per heavy atom. The lowest BCUT2D eigenvalue weighted by atomic mass is 10.1. The average Bonchev–Trinajstić information content (AvgIpc) is 3.42. The van der Waals surface area contributed by atoms with Crippen molar-refractivity contribution in [1.82, 2.24) is 9.97 Å². The van der Waals surface area contributed by atoms with E-state index >= 15 is 0 Å². The first-order chi connectivity index (χ1) is 15.9. The first-order valence-electron chi connectivity index (χ1n) is 10.6. The van der Waals surface area contributed by atoms with E-state index in [0.29, 0.717) is 59.4 Å². The second-order valence-electron chi connectivity index (χ2n) is 8.00. The number of nitrogens with zero attached hydrogens (tertiary/aromatic N) is 2. The Bertz CT molecular complexity index is 1270. The van der Waals surface area contributed by atoms with E-state index in [1.807, 2.05) is 0 Å². The minimum Gasteiger partial charge on any atom is -0.481 e. The van der Waals surface area contributed by atoms with Gasteiger partial charge >= 0.3 is 0 Å². The number of rotatable bonds is 8. The normalized spacial score (nSPS) is 19.5. The van der Waals surface area contributed by atoms with Crippen LogP contribution in [0.2, 0.25) is 0 Å². The predicted molar refractivity (Wildman–Crippen MR) is 122 cm³/mol. The molecule has 3 heterocycles. The maximum atomic E-state index is 13.2. The number of hydrogen-bond donors (Lipinski definition) is 1. The van der Waals surface area contributed by atoms with Crippen LogP contribution in [0, 0.1) is 0 Å². The summed E-state index contributed by atoms with van der Waals surface area (Å²) in [4.78, 5) is 22.9. The molecule has 1 saturated carbocycles. The highest BCUT2D eigenvalue weighted by Crippen LogP contribution is 2.34. The van der Waals surface area contributed by atoms with Crippen molar-refractivity contribution in [3.63, 3.8) is 0 Å². The number of pyridine rings is 1. The van der Waals surface area contributed by atoms with Crippen molar-refractivity contribution in [1.29, 1.82) is 0 Å². The van der Waals surface area contributed by atoms with Crippen LogP contribution in [0.3, 0.4) is 0 Å². The number of sulfone groups is 1. The molecule has 1 aromatic carbocycles. The van der Waals surface area contributed by atoms with Gasteiger partial charge in [0.2, 0.25) is 5.88 Å². The number of fused-ring (bicyclic) bond motifs is 1. The van der Waals surface area contributed by atoms with Gasteiger partial charge in [0.15, 0.2) is 21.1 Å². The van der Waals surface area contributed by atoms with E-state index < -0.39 is 21.8 Å². The molecule has 174 valence electrons. The zero-order valence-electron chi connectivity index (χ0n) is 17.9. The molecule has 1 aliphatic heterocycles. The average molecular weight is 490 g/mol. The molecule has 2 aromatic heterocycles. The summed E-state index contributed by atoms with van der Waals surface area (Å²) < 4.78 is 41.6. The van der Waals surface area contributed by atoms with Crippen molar-refractivity contribution in [2.75, 3.05) is 25.6 Å². The molecule has 3 aromatic rings. The Morgan fingerprint density at radius 3 is 2.61 bits per heavy atom. The number of thiazole rings is 1.